The van der Waals surface area contributed by atoms with E-state index in [0.29, 0.717) is 16.1 Å². The number of halogens is 2. The molecule has 0 saturated carbocycles. The van der Waals surface area contributed by atoms with Crippen LogP contribution in [0.25, 0.3) is 6.08 Å². The maximum atomic E-state index is 6.10. The van der Waals surface area contributed by atoms with Gasteiger partial charge >= 0.3 is 7.12 Å². The fourth-order valence-corrected chi connectivity index (χ4v) is 2.55. The minimum Gasteiger partial charge on any atom is -0.400 e. The molecule has 1 aromatic rings. The number of pyridine rings is 1. The summed E-state index contributed by atoms with van der Waals surface area (Å²) in [7, 11) is -0.445. The van der Waals surface area contributed by atoms with Gasteiger partial charge in [-0.1, -0.05) is 29.3 Å². The Hall–Kier alpha value is -0.195. The molecule has 114 valence electrons. The summed E-state index contributed by atoms with van der Waals surface area (Å²) in [4.78, 5) is 4.02. The summed E-state index contributed by atoms with van der Waals surface area (Å²) in [6, 6.07) is 3.51. The first-order valence-electron chi connectivity index (χ1n) is 6.65. The van der Waals surface area contributed by atoms with E-state index in [1.807, 2.05) is 39.8 Å². The van der Waals surface area contributed by atoms with Crippen LogP contribution >= 0.6 is 35.8 Å². The average Bonchev–Trinajstić information content (AvgIpc) is 2.57. The summed E-state index contributed by atoms with van der Waals surface area (Å²) in [6.07, 6.45) is 1.89. The first-order valence-corrected chi connectivity index (χ1v) is 8.04. The number of aromatic nitrogens is 1. The normalized spacial score (nSPS) is 20.9. The second kappa shape index (κ2) is 6.13. The van der Waals surface area contributed by atoms with Gasteiger partial charge in [0.25, 0.3) is 0 Å². The van der Waals surface area contributed by atoms with Gasteiger partial charge in [0.15, 0.2) is 0 Å². The molecule has 0 N–H and O–H groups in total. The van der Waals surface area contributed by atoms with Crippen LogP contribution in [-0.2, 0) is 9.31 Å². The second-order valence-corrected chi connectivity index (χ2v) is 7.04. The molecular weight excluding hydrogens is 328 g/mol. The van der Waals surface area contributed by atoms with E-state index in [2.05, 4.69) is 17.6 Å². The molecule has 0 aromatic carbocycles. The molecule has 0 radical (unpaired) electrons. The van der Waals surface area contributed by atoms with Gasteiger partial charge in [-0.3, -0.25) is 0 Å². The van der Waals surface area contributed by atoms with Crippen LogP contribution in [-0.4, -0.2) is 29.1 Å². The summed E-state index contributed by atoms with van der Waals surface area (Å²) < 4.78 is 12.0. The highest BCUT2D eigenvalue weighted by molar-refractivity contribution is 7.80. The van der Waals surface area contributed by atoms with Crippen LogP contribution in [0.1, 0.15) is 33.3 Å². The van der Waals surface area contributed by atoms with Gasteiger partial charge in [0.2, 0.25) is 0 Å². The second-order valence-electron chi connectivity index (χ2n) is 5.98. The van der Waals surface area contributed by atoms with Crippen molar-refractivity contribution >= 4 is 49.0 Å². The Morgan fingerprint density at radius 1 is 1.24 bits per heavy atom. The molecule has 0 bridgehead atoms. The lowest BCUT2D eigenvalue weighted by atomic mass is 9.78. The van der Waals surface area contributed by atoms with E-state index in [0.717, 1.165) is 11.0 Å². The highest BCUT2D eigenvalue weighted by Crippen LogP contribution is 2.39. The van der Waals surface area contributed by atoms with Crippen LogP contribution in [0, 0.1) is 0 Å². The van der Waals surface area contributed by atoms with Gasteiger partial charge in [-0.15, -0.1) is 0 Å². The predicted molar refractivity (Wildman–Crippen MR) is 92.2 cm³/mol. The molecule has 2 heterocycles. The number of thiol groups is 1. The molecule has 0 unspecified atom stereocenters. The maximum Gasteiger partial charge on any atom is 0.491 e. The minimum atomic E-state index is -0.445. The smallest absolute Gasteiger partial charge is 0.400 e. The maximum absolute atomic E-state index is 6.10. The van der Waals surface area contributed by atoms with Gasteiger partial charge in [0.05, 0.1) is 11.2 Å². The molecule has 0 atom stereocenters. The molecule has 0 spiro atoms. The summed E-state index contributed by atoms with van der Waals surface area (Å²) >= 11 is 16.3. The van der Waals surface area contributed by atoms with Crippen LogP contribution < -0.4 is 0 Å². The number of hydrogen-bond donors (Lipinski definition) is 1. The molecule has 0 amide bonds. The van der Waals surface area contributed by atoms with Crippen molar-refractivity contribution in [3.05, 3.63) is 33.5 Å². The zero-order chi connectivity index (χ0) is 15.8. The third-order valence-corrected chi connectivity index (χ3v) is 4.80. The molecule has 2 rings (SSSR count). The average molecular weight is 346 g/mol. The van der Waals surface area contributed by atoms with Crippen LogP contribution in [0.5, 0.6) is 0 Å². The quantitative estimate of drug-likeness (QED) is 0.502. The molecule has 21 heavy (non-hydrogen) atoms. The molecular formula is C14H18BCl2NO2S. The molecule has 1 aliphatic rings. The van der Waals surface area contributed by atoms with E-state index in [4.69, 9.17) is 32.5 Å². The summed E-state index contributed by atoms with van der Waals surface area (Å²) in [5.41, 5.74) is 0.881. The van der Waals surface area contributed by atoms with Crippen LogP contribution in [0.3, 0.4) is 0 Å². The van der Waals surface area contributed by atoms with Crippen molar-refractivity contribution in [2.45, 2.75) is 38.9 Å². The Bertz CT molecular complexity index is 562. The van der Waals surface area contributed by atoms with Crippen molar-refractivity contribution in [3.8, 4) is 0 Å². The van der Waals surface area contributed by atoms with E-state index >= 15 is 0 Å². The molecule has 7 heteroatoms. The Labute approximate surface area is 141 Å². The lowest BCUT2D eigenvalue weighted by Gasteiger charge is -2.32. The first-order chi connectivity index (χ1) is 9.66. The van der Waals surface area contributed by atoms with E-state index in [-0.39, 0.29) is 11.2 Å². The third-order valence-electron chi connectivity index (χ3n) is 3.92. The van der Waals surface area contributed by atoms with Gasteiger partial charge in [0.1, 0.15) is 10.3 Å². The number of nitrogens with zero attached hydrogens (tertiary/aromatic N) is 1. The van der Waals surface area contributed by atoms with Gasteiger partial charge in [-0.2, -0.15) is 12.6 Å². The van der Waals surface area contributed by atoms with Crippen molar-refractivity contribution < 1.29 is 9.31 Å². The van der Waals surface area contributed by atoms with Gasteiger partial charge < -0.3 is 9.31 Å². The molecule has 1 aromatic heterocycles. The van der Waals surface area contributed by atoms with Crippen molar-refractivity contribution in [2.75, 3.05) is 5.75 Å². The van der Waals surface area contributed by atoms with Crippen molar-refractivity contribution in [2.24, 2.45) is 0 Å². The lowest BCUT2D eigenvalue weighted by Crippen LogP contribution is -2.41. The van der Waals surface area contributed by atoms with E-state index in [1.54, 1.807) is 6.07 Å². The third kappa shape index (κ3) is 3.59. The van der Waals surface area contributed by atoms with Crippen LogP contribution in [0.2, 0.25) is 10.3 Å². The van der Waals surface area contributed by atoms with Crippen molar-refractivity contribution in [1.82, 2.24) is 4.98 Å². The largest absolute Gasteiger partial charge is 0.491 e. The zero-order valence-electron chi connectivity index (χ0n) is 12.5. The topological polar surface area (TPSA) is 31.4 Å². The Kier molecular flexibility index (Phi) is 5.01. The highest BCUT2D eigenvalue weighted by atomic mass is 35.5. The van der Waals surface area contributed by atoms with E-state index in [1.165, 1.54) is 0 Å². The standard InChI is InChI=1S/C14H18BCl2NO2S/c1-13(2)14(3,4)20-15(19-13)10(8-21)7-9-5-6-11(16)18-12(9)17/h5-7,21H,8H2,1-4H3. The molecule has 1 saturated heterocycles. The zero-order valence-corrected chi connectivity index (χ0v) is 14.9. The van der Waals surface area contributed by atoms with Crippen molar-refractivity contribution in [3.63, 3.8) is 0 Å². The number of rotatable bonds is 3. The lowest BCUT2D eigenvalue weighted by molar-refractivity contribution is 0.00578. The Morgan fingerprint density at radius 3 is 2.29 bits per heavy atom. The Balaban J connectivity index is 2.31. The van der Waals surface area contributed by atoms with E-state index in [9.17, 15) is 0 Å². The first kappa shape index (κ1) is 17.2. The van der Waals surface area contributed by atoms with Crippen LogP contribution in [0.15, 0.2) is 17.6 Å². The summed E-state index contributed by atoms with van der Waals surface area (Å²) in [6.45, 7) is 8.06. The summed E-state index contributed by atoms with van der Waals surface area (Å²) in [5, 5.41) is 0.707. The molecule has 0 aliphatic carbocycles. The fraction of sp³-hybridized carbons (Fsp3) is 0.500. The van der Waals surface area contributed by atoms with E-state index < -0.39 is 7.12 Å². The predicted octanol–water partition coefficient (Wildman–Crippen LogP) is 4.33. The molecule has 3 nitrogen and oxygen atoms in total. The number of hydrogen-bond acceptors (Lipinski definition) is 4. The minimum absolute atomic E-state index is 0.346. The molecule has 1 aliphatic heterocycles. The van der Waals surface area contributed by atoms with Gasteiger partial charge in [-0.05, 0) is 45.3 Å². The SMILES string of the molecule is CC1(C)OB(C(=Cc2ccc(Cl)nc2Cl)CS)OC1(C)C. The van der Waals surface area contributed by atoms with Gasteiger partial charge in [-0.25, -0.2) is 4.98 Å². The highest BCUT2D eigenvalue weighted by Gasteiger charge is 2.52. The van der Waals surface area contributed by atoms with Gasteiger partial charge in [0, 0.05) is 11.3 Å². The Morgan fingerprint density at radius 2 is 1.81 bits per heavy atom. The fourth-order valence-electron chi connectivity index (χ4n) is 1.91. The molecule has 1 fully saturated rings. The summed E-state index contributed by atoms with van der Waals surface area (Å²) in [5.74, 6) is 0.496. The van der Waals surface area contributed by atoms with Crippen LogP contribution in [0.4, 0.5) is 0 Å². The van der Waals surface area contributed by atoms with Crippen molar-refractivity contribution in [1.29, 1.82) is 0 Å². The monoisotopic (exact) mass is 345 g/mol.